The zero-order valence-corrected chi connectivity index (χ0v) is 17.7. The van der Waals surface area contributed by atoms with Crippen LogP contribution < -0.4 is 4.74 Å². The molecule has 148 valence electrons. The summed E-state index contributed by atoms with van der Waals surface area (Å²) in [5, 5.41) is -0.212. The average Bonchev–Trinajstić information content (AvgIpc) is 3.38. The molecule has 6 heteroatoms. The van der Waals surface area contributed by atoms with E-state index in [0.29, 0.717) is 11.4 Å². The molecule has 0 bridgehead atoms. The Hall–Kier alpha value is -2.28. The van der Waals surface area contributed by atoms with Crippen molar-refractivity contribution in [2.75, 3.05) is 19.4 Å². The quantitative estimate of drug-likeness (QED) is 0.477. The van der Waals surface area contributed by atoms with Gasteiger partial charge in [0.05, 0.1) is 17.4 Å². The van der Waals surface area contributed by atoms with E-state index in [-0.39, 0.29) is 5.37 Å². The molecular formula is C23H21NO3S2. The van der Waals surface area contributed by atoms with Crippen molar-refractivity contribution < 1.29 is 13.2 Å². The van der Waals surface area contributed by atoms with E-state index in [4.69, 9.17) is 4.74 Å². The Kier molecular flexibility index (Phi) is 4.65. The van der Waals surface area contributed by atoms with Gasteiger partial charge in [-0.05, 0) is 58.5 Å². The Morgan fingerprint density at radius 2 is 1.72 bits per heavy atom. The molecule has 0 spiro atoms. The number of sulfonamides is 1. The first kappa shape index (κ1) is 18.7. The zero-order chi connectivity index (χ0) is 20.0. The van der Waals surface area contributed by atoms with Crippen molar-refractivity contribution in [2.24, 2.45) is 0 Å². The summed E-state index contributed by atoms with van der Waals surface area (Å²) in [6.45, 7) is 0.515. The summed E-state index contributed by atoms with van der Waals surface area (Å²) in [6.07, 6.45) is 0.783. The number of hydrogen-bond acceptors (Lipinski definition) is 4. The van der Waals surface area contributed by atoms with E-state index in [0.717, 1.165) is 34.6 Å². The highest BCUT2D eigenvalue weighted by atomic mass is 32.2. The first-order valence-corrected chi connectivity index (χ1v) is 12.1. The Morgan fingerprint density at radius 1 is 0.966 bits per heavy atom. The van der Waals surface area contributed by atoms with Gasteiger partial charge in [0.25, 0.3) is 0 Å². The molecule has 0 unspecified atom stereocenters. The Bertz CT molecular complexity index is 1170. The highest BCUT2D eigenvalue weighted by Gasteiger charge is 2.37. The molecule has 0 saturated carbocycles. The maximum absolute atomic E-state index is 13.5. The minimum atomic E-state index is -3.58. The average molecular weight is 424 g/mol. The van der Waals surface area contributed by atoms with Gasteiger partial charge in [-0.2, -0.15) is 4.31 Å². The monoisotopic (exact) mass is 423 g/mol. The molecule has 1 fully saturated rings. The van der Waals surface area contributed by atoms with Gasteiger partial charge in [-0.15, -0.1) is 11.8 Å². The summed E-state index contributed by atoms with van der Waals surface area (Å²) in [6, 6.07) is 21.5. The van der Waals surface area contributed by atoms with Crippen LogP contribution in [-0.2, 0) is 16.4 Å². The van der Waals surface area contributed by atoms with Gasteiger partial charge in [0.2, 0.25) is 10.0 Å². The van der Waals surface area contributed by atoms with Crippen molar-refractivity contribution in [3.63, 3.8) is 0 Å². The van der Waals surface area contributed by atoms with Crippen LogP contribution in [0.15, 0.2) is 71.6 Å². The zero-order valence-electron chi connectivity index (χ0n) is 16.0. The van der Waals surface area contributed by atoms with E-state index in [2.05, 4.69) is 12.1 Å². The van der Waals surface area contributed by atoms with Crippen molar-refractivity contribution in [3.8, 4) is 16.9 Å². The lowest BCUT2D eigenvalue weighted by Gasteiger charge is -2.24. The highest BCUT2D eigenvalue weighted by molar-refractivity contribution is 8.01. The van der Waals surface area contributed by atoms with Gasteiger partial charge in [-0.3, -0.25) is 0 Å². The standard InChI is InChI=1S/C23H21NO3S2/c1-27-19-8-6-16(7-9-19)23-24(12-13-28-23)29(25,26)20-10-11-22-18(15-20)14-17-4-2-3-5-21(17)22/h2-11,15,23H,12-14H2,1H3/t23-/m0/s1. The second-order valence-electron chi connectivity index (χ2n) is 7.26. The Balaban J connectivity index is 1.48. The van der Waals surface area contributed by atoms with E-state index < -0.39 is 10.0 Å². The topological polar surface area (TPSA) is 46.6 Å². The minimum Gasteiger partial charge on any atom is -0.497 e. The van der Waals surface area contributed by atoms with Crippen LogP contribution in [0.4, 0.5) is 0 Å². The third kappa shape index (κ3) is 3.16. The number of ether oxygens (including phenoxy) is 1. The lowest BCUT2D eigenvalue weighted by atomic mass is 10.1. The van der Waals surface area contributed by atoms with E-state index in [9.17, 15) is 8.42 Å². The summed E-state index contributed by atoms with van der Waals surface area (Å²) < 4.78 is 33.9. The van der Waals surface area contributed by atoms with Gasteiger partial charge < -0.3 is 4.74 Å². The molecule has 3 aromatic rings. The number of methoxy groups -OCH3 is 1. The Labute approximate surface area is 175 Å². The molecule has 0 radical (unpaired) electrons. The smallest absolute Gasteiger partial charge is 0.244 e. The Morgan fingerprint density at radius 3 is 2.52 bits per heavy atom. The fourth-order valence-electron chi connectivity index (χ4n) is 4.15. The summed E-state index contributed by atoms with van der Waals surface area (Å²) in [5.74, 6) is 1.55. The summed E-state index contributed by atoms with van der Waals surface area (Å²) in [4.78, 5) is 0.380. The van der Waals surface area contributed by atoms with Gasteiger partial charge in [-0.1, -0.05) is 42.5 Å². The first-order chi connectivity index (χ1) is 14.1. The van der Waals surface area contributed by atoms with Gasteiger partial charge in [0.15, 0.2) is 0 Å². The highest BCUT2D eigenvalue weighted by Crippen LogP contribution is 2.43. The lowest BCUT2D eigenvalue weighted by Crippen LogP contribution is -2.30. The van der Waals surface area contributed by atoms with Crippen LogP contribution in [0.2, 0.25) is 0 Å². The fraction of sp³-hybridized carbons (Fsp3) is 0.217. The van der Waals surface area contributed by atoms with Crippen LogP contribution >= 0.6 is 11.8 Å². The molecule has 2 aliphatic rings. The number of benzene rings is 3. The molecule has 1 aliphatic carbocycles. The van der Waals surface area contributed by atoms with Gasteiger partial charge >= 0.3 is 0 Å². The third-order valence-corrected chi connectivity index (χ3v) is 8.88. The molecule has 1 atom stereocenters. The van der Waals surface area contributed by atoms with E-state index >= 15 is 0 Å². The molecule has 5 rings (SSSR count). The van der Waals surface area contributed by atoms with E-state index in [1.165, 1.54) is 11.1 Å². The number of thioether (sulfide) groups is 1. The molecule has 0 N–H and O–H groups in total. The van der Waals surface area contributed by atoms with Gasteiger partial charge in [0, 0.05) is 12.3 Å². The van der Waals surface area contributed by atoms with Gasteiger partial charge in [0.1, 0.15) is 5.75 Å². The van der Waals surface area contributed by atoms with Gasteiger partial charge in [-0.25, -0.2) is 8.42 Å². The van der Waals surface area contributed by atoms with Crippen molar-refractivity contribution in [2.45, 2.75) is 16.7 Å². The van der Waals surface area contributed by atoms with Crippen LogP contribution in [0.25, 0.3) is 11.1 Å². The van der Waals surface area contributed by atoms with Crippen molar-refractivity contribution in [3.05, 3.63) is 83.4 Å². The normalized spacial score (nSPS) is 18.4. The van der Waals surface area contributed by atoms with Crippen LogP contribution in [0, 0.1) is 0 Å². The van der Waals surface area contributed by atoms with Crippen LogP contribution in [0.5, 0.6) is 5.75 Å². The number of nitrogens with zero attached hydrogens (tertiary/aromatic N) is 1. The predicted molar refractivity (Wildman–Crippen MR) is 117 cm³/mol. The number of rotatable bonds is 4. The van der Waals surface area contributed by atoms with Crippen LogP contribution in [0.3, 0.4) is 0 Å². The molecule has 1 heterocycles. The second-order valence-corrected chi connectivity index (χ2v) is 10.3. The minimum absolute atomic E-state index is 0.212. The molecule has 4 nitrogen and oxygen atoms in total. The SMILES string of the molecule is COc1ccc([C@@H]2SCCN2S(=O)(=O)c2ccc3c(c2)Cc2ccccc2-3)cc1. The molecule has 3 aromatic carbocycles. The number of fused-ring (bicyclic) bond motifs is 3. The third-order valence-electron chi connectivity index (χ3n) is 5.62. The first-order valence-electron chi connectivity index (χ1n) is 9.56. The molecule has 29 heavy (non-hydrogen) atoms. The molecular weight excluding hydrogens is 402 g/mol. The maximum atomic E-state index is 13.5. The van der Waals surface area contributed by atoms with E-state index in [1.807, 2.05) is 48.5 Å². The van der Waals surface area contributed by atoms with Crippen molar-refractivity contribution in [1.29, 1.82) is 0 Å². The maximum Gasteiger partial charge on any atom is 0.244 e. The lowest BCUT2D eigenvalue weighted by molar-refractivity contribution is 0.413. The summed E-state index contributed by atoms with van der Waals surface area (Å²) >= 11 is 1.66. The fourth-order valence-corrected chi connectivity index (χ4v) is 7.44. The molecule has 1 saturated heterocycles. The van der Waals surface area contributed by atoms with Crippen molar-refractivity contribution >= 4 is 21.8 Å². The largest absolute Gasteiger partial charge is 0.497 e. The van der Waals surface area contributed by atoms with Crippen LogP contribution in [-0.4, -0.2) is 32.1 Å². The summed E-state index contributed by atoms with van der Waals surface area (Å²) in [5.41, 5.74) is 5.66. The van der Waals surface area contributed by atoms with Crippen LogP contribution in [0.1, 0.15) is 22.1 Å². The van der Waals surface area contributed by atoms with E-state index in [1.54, 1.807) is 29.2 Å². The summed E-state index contributed by atoms with van der Waals surface area (Å²) in [7, 11) is -1.95. The predicted octanol–water partition coefficient (Wildman–Crippen LogP) is 4.70. The molecule has 0 aromatic heterocycles. The van der Waals surface area contributed by atoms with Crippen molar-refractivity contribution in [1.82, 2.24) is 4.31 Å². The molecule has 1 aliphatic heterocycles. The molecule has 0 amide bonds. The number of hydrogen-bond donors (Lipinski definition) is 0. The second kappa shape index (κ2) is 7.20.